The first-order valence-corrected chi connectivity index (χ1v) is 5.86. The highest BCUT2D eigenvalue weighted by Crippen LogP contribution is 2.34. The molecule has 1 aliphatic rings. The number of nitrogens with one attached hydrogen (secondary N) is 1. The largest absolute Gasteiger partial charge is 0.474 e. The highest BCUT2D eigenvalue weighted by molar-refractivity contribution is 6.19. The van der Waals surface area contributed by atoms with E-state index in [0.29, 0.717) is 17.7 Å². The Morgan fingerprint density at radius 3 is 2.94 bits per heavy atom. The Morgan fingerprint density at radius 1 is 1.53 bits per heavy atom. The molecular weight excluding hydrogens is 242 g/mol. The van der Waals surface area contributed by atoms with Crippen molar-refractivity contribution in [3.05, 3.63) is 29.8 Å². The van der Waals surface area contributed by atoms with Crippen LogP contribution in [0.25, 0.3) is 0 Å². The minimum absolute atomic E-state index is 0.197. The Morgan fingerprint density at radius 2 is 2.24 bits per heavy atom. The van der Waals surface area contributed by atoms with Gasteiger partial charge >= 0.3 is 0 Å². The molecule has 17 heavy (non-hydrogen) atoms. The lowest BCUT2D eigenvalue weighted by atomic mass is 10.0. The van der Waals surface area contributed by atoms with Crippen LogP contribution in [-0.4, -0.2) is 22.6 Å². The molecule has 2 N–H and O–H groups in total. The second-order valence-corrected chi connectivity index (χ2v) is 4.54. The topological polar surface area (TPSA) is 58.6 Å². The van der Waals surface area contributed by atoms with Crippen LogP contribution in [0, 0.1) is 0 Å². The monoisotopic (exact) mass is 255 g/mol. The summed E-state index contributed by atoms with van der Waals surface area (Å²) in [7, 11) is 0. The lowest BCUT2D eigenvalue weighted by Crippen LogP contribution is -2.39. The minimum Gasteiger partial charge on any atom is -0.474 e. The first-order valence-electron chi connectivity index (χ1n) is 5.42. The van der Waals surface area contributed by atoms with Crippen LogP contribution in [0.15, 0.2) is 24.3 Å². The predicted octanol–water partition coefficient (Wildman–Crippen LogP) is 1.57. The predicted molar refractivity (Wildman–Crippen MR) is 63.9 cm³/mol. The number of carbonyl (C=O) groups excluding carboxylic acids is 1. The Balaban J connectivity index is 2.31. The van der Waals surface area contributed by atoms with Crippen molar-refractivity contribution in [3.63, 3.8) is 0 Å². The summed E-state index contributed by atoms with van der Waals surface area (Å²) in [5.74, 6) is 0.366. The number of amides is 1. The summed E-state index contributed by atoms with van der Waals surface area (Å²) in [5.41, 5.74) is 0.0829. The van der Waals surface area contributed by atoms with E-state index < -0.39 is 17.7 Å². The molecule has 1 heterocycles. The molecule has 0 bridgehead atoms. The van der Waals surface area contributed by atoms with Gasteiger partial charge in [-0.3, -0.25) is 4.79 Å². The van der Waals surface area contributed by atoms with Crippen molar-refractivity contribution in [1.82, 2.24) is 5.32 Å². The molecule has 0 aromatic heterocycles. The lowest BCUT2D eigenvalue weighted by molar-refractivity contribution is -0.120. The molecule has 0 spiro atoms. The molecule has 1 amide bonds. The number of aliphatic hydroxyl groups is 1. The third-order valence-corrected chi connectivity index (χ3v) is 2.97. The fourth-order valence-electron chi connectivity index (χ4n) is 1.96. The SMILES string of the molecule is CC(=O)N[C@@H]1C[C@@H](Cl)Oc2ccccc2C1O. The van der Waals surface area contributed by atoms with Gasteiger partial charge in [-0.1, -0.05) is 29.8 Å². The van der Waals surface area contributed by atoms with E-state index >= 15 is 0 Å². The molecule has 2 rings (SSSR count). The molecule has 1 aromatic carbocycles. The molecule has 92 valence electrons. The van der Waals surface area contributed by atoms with E-state index in [1.165, 1.54) is 6.92 Å². The number of halogens is 1. The average molecular weight is 256 g/mol. The van der Waals surface area contributed by atoms with Crippen LogP contribution in [0.1, 0.15) is 25.0 Å². The van der Waals surface area contributed by atoms with Gasteiger partial charge in [0, 0.05) is 18.9 Å². The van der Waals surface area contributed by atoms with Crippen LogP contribution in [0.5, 0.6) is 5.75 Å². The summed E-state index contributed by atoms with van der Waals surface area (Å²) >= 11 is 6.01. The molecule has 1 aromatic rings. The molecule has 0 fully saturated rings. The van der Waals surface area contributed by atoms with E-state index in [9.17, 15) is 9.90 Å². The first-order chi connectivity index (χ1) is 8.08. The molecule has 0 radical (unpaired) electrons. The Hall–Kier alpha value is -1.26. The Bertz CT molecular complexity index is 424. The number of carbonyl (C=O) groups is 1. The Kier molecular flexibility index (Phi) is 3.54. The van der Waals surface area contributed by atoms with E-state index in [0.717, 1.165) is 0 Å². The second-order valence-electron chi connectivity index (χ2n) is 4.05. The number of hydrogen-bond acceptors (Lipinski definition) is 3. The van der Waals surface area contributed by atoms with Crippen molar-refractivity contribution in [3.8, 4) is 5.75 Å². The number of fused-ring (bicyclic) bond motifs is 1. The summed E-state index contributed by atoms with van der Waals surface area (Å²) < 4.78 is 5.49. The maximum absolute atomic E-state index is 11.1. The number of rotatable bonds is 1. The van der Waals surface area contributed by atoms with Gasteiger partial charge in [-0.2, -0.15) is 0 Å². The molecule has 0 aliphatic carbocycles. The summed E-state index contributed by atoms with van der Waals surface area (Å²) in [6.07, 6.45) is -0.449. The zero-order valence-electron chi connectivity index (χ0n) is 9.39. The number of aliphatic hydroxyl groups excluding tert-OH is 1. The summed E-state index contributed by atoms with van der Waals surface area (Å²) in [6, 6.07) is 6.71. The molecule has 4 nitrogen and oxygen atoms in total. The van der Waals surface area contributed by atoms with Crippen LogP contribution in [0.4, 0.5) is 0 Å². The third-order valence-electron chi connectivity index (χ3n) is 2.70. The number of para-hydroxylation sites is 1. The molecule has 0 saturated carbocycles. The van der Waals surface area contributed by atoms with Crippen LogP contribution in [0.2, 0.25) is 0 Å². The third kappa shape index (κ3) is 2.70. The average Bonchev–Trinajstić information content (AvgIpc) is 2.37. The second kappa shape index (κ2) is 4.94. The first kappa shape index (κ1) is 12.2. The van der Waals surface area contributed by atoms with Gasteiger partial charge in [-0.05, 0) is 6.07 Å². The van der Waals surface area contributed by atoms with Crippen molar-refractivity contribution in [1.29, 1.82) is 0 Å². The van der Waals surface area contributed by atoms with Crippen LogP contribution in [0.3, 0.4) is 0 Å². The van der Waals surface area contributed by atoms with Gasteiger partial charge in [0.15, 0.2) is 5.56 Å². The van der Waals surface area contributed by atoms with E-state index in [-0.39, 0.29) is 5.91 Å². The van der Waals surface area contributed by atoms with Crippen molar-refractivity contribution in [2.24, 2.45) is 0 Å². The van der Waals surface area contributed by atoms with E-state index in [2.05, 4.69) is 5.32 Å². The fourth-order valence-corrected chi connectivity index (χ4v) is 2.25. The standard InChI is InChI=1S/C12H14ClNO3/c1-7(15)14-9-6-11(13)17-10-5-3-2-4-8(10)12(9)16/h2-5,9,11-12,16H,6H2,1H3,(H,14,15)/t9-,11+,12?/m1/s1. The zero-order valence-corrected chi connectivity index (χ0v) is 10.1. The molecule has 5 heteroatoms. The lowest BCUT2D eigenvalue weighted by Gasteiger charge is -2.21. The highest BCUT2D eigenvalue weighted by Gasteiger charge is 2.31. The van der Waals surface area contributed by atoms with Crippen molar-refractivity contribution < 1.29 is 14.6 Å². The van der Waals surface area contributed by atoms with E-state index in [4.69, 9.17) is 16.3 Å². The molecule has 1 unspecified atom stereocenters. The fraction of sp³-hybridized carbons (Fsp3) is 0.417. The molecule has 3 atom stereocenters. The Labute approximate surface area is 105 Å². The van der Waals surface area contributed by atoms with Gasteiger partial charge < -0.3 is 15.2 Å². The normalized spacial score (nSPS) is 27.6. The molecule has 0 saturated heterocycles. The van der Waals surface area contributed by atoms with Crippen molar-refractivity contribution in [2.75, 3.05) is 0 Å². The van der Waals surface area contributed by atoms with Crippen molar-refractivity contribution in [2.45, 2.75) is 31.1 Å². The maximum Gasteiger partial charge on any atom is 0.217 e. The minimum atomic E-state index is -0.807. The van der Waals surface area contributed by atoms with Gasteiger partial charge in [0.2, 0.25) is 5.91 Å². The highest BCUT2D eigenvalue weighted by atomic mass is 35.5. The number of ether oxygens (including phenoxy) is 1. The summed E-state index contributed by atoms with van der Waals surface area (Å²) in [6.45, 7) is 1.41. The number of alkyl halides is 1. The van der Waals surface area contributed by atoms with Gasteiger partial charge in [-0.25, -0.2) is 0 Å². The smallest absolute Gasteiger partial charge is 0.217 e. The zero-order chi connectivity index (χ0) is 12.4. The van der Waals surface area contributed by atoms with E-state index in [1.54, 1.807) is 12.1 Å². The van der Waals surface area contributed by atoms with Crippen molar-refractivity contribution >= 4 is 17.5 Å². The van der Waals surface area contributed by atoms with Gasteiger partial charge in [0.05, 0.1) is 6.04 Å². The maximum atomic E-state index is 11.1. The molecule has 1 aliphatic heterocycles. The van der Waals surface area contributed by atoms with Gasteiger partial charge in [0.25, 0.3) is 0 Å². The number of benzene rings is 1. The number of hydrogen-bond donors (Lipinski definition) is 2. The summed E-state index contributed by atoms with van der Waals surface area (Å²) in [4.78, 5) is 11.1. The quantitative estimate of drug-likeness (QED) is 0.749. The van der Waals surface area contributed by atoms with Crippen LogP contribution >= 0.6 is 11.6 Å². The van der Waals surface area contributed by atoms with Gasteiger partial charge in [-0.15, -0.1) is 0 Å². The summed E-state index contributed by atoms with van der Waals surface area (Å²) in [5, 5.41) is 12.9. The van der Waals surface area contributed by atoms with Gasteiger partial charge in [0.1, 0.15) is 11.9 Å². The molecular formula is C12H14ClNO3. The van der Waals surface area contributed by atoms with E-state index in [1.807, 2.05) is 12.1 Å². The van der Waals surface area contributed by atoms with Crippen LogP contribution < -0.4 is 10.1 Å². The van der Waals surface area contributed by atoms with Crippen LogP contribution in [-0.2, 0) is 4.79 Å².